The first kappa shape index (κ1) is 15.5. The van der Waals surface area contributed by atoms with Crippen LogP contribution in [0.15, 0.2) is 40.4 Å². The summed E-state index contributed by atoms with van der Waals surface area (Å²) < 4.78 is 0. The third-order valence-electron chi connectivity index (χ3n) is 3.58. The van der Waals surface area contributed by atoms with Crippen LogP contribution >= 0.6 is 20.7 Å². The van der Waals surface area contributed by atoms with Crippen molar-refractivity contribution in [1.82, 2.24) is 4.98 Å². The molecule has 0 amide bonds. The largest absolute Gasteiger partial charge is 0.355 e. The minimum Gasteiger partial charge on any atom is -0.355 e. The van der Waals surface area contributed by atoms with Crippen molar-refractivity contribution in [3.63, 3.8) is 0 Å². The lowest BCUT2D eigenvalue weighted by atomic mass is 10.2. The summed E-state index contributed by atoms with van der Waals surface area (Å²) in [7, 11) is -1.16. The van der Waals surface area contributed by atoms with Crippen LogP contribution in [0.3, 0.4) is 0 Å². The van der Waals surface area contributed by atoms with Crippen molar-refractivity contribution in [3.8, 4) is 0 Å². The number of aromatic amines is 1. The second-order valence-electron chi connectivity index (χ2n) is 5.59. The van der Waals surface area contributed by atoms with Crippen molar-refractivity contribution in [2.75, 3.05) is 17.4 Å². The highest BCUT2D eigenvalue weighted by Crippen LogP contribution is 2.51. The van der Waals surface area contributed by atoms with Gasteiger partial charge in [0, 0.05) is 23.7 Å². The summed E-state index contributed by atoms with van der Waals surface area (Å²) in [5.74, 6) is 0. The zero-order valence-electron chi connectivity index (χ0n) is 12.5. The summed E-state index contributed by atoms with van der Waals surface area (Å²) in [5.41, 5.74) is 8.24. The molecule has 0 saturated heterocycles. The number of aromatic nitrogens is 1. The number of anilines is 1. The Kier molecular flexibility index (Phi) is 3.98. The van der Waals surface area contributed by atoms with Gasteiger partial charge in [-0.25, -0.2) is 4.99 Å². The highest BCUT2D eigenvalue weighted by molar-refractivity contribution is 8.87. The fourth-order valence-electron chi connectivity index (χ4n) is 2.32. The van der Waals surface area contributed by atoms with Crippen LogP contribution in [0.5, 0.6) is 0 Å². The fraction of sp³-hybridized carbons (Fsp3) is 0.267. The molecule has 1 aromatic heterocycles. The number of H-pyrrole nitrogens is 1. The van der Waals surface area contributed by atoms with Crippen LogP contribution < -0.4 is 21.3 Å². The van der Waals surface area contributed by atoms with Gasteiger partial charge in [-0.1, -0.05) is 12.1 Å². The summed E-state index contributed by atoms with van der Waals surface area (Å²) in [4.78, 5) is 9.32. The average Bonchev–Trinajstić information content (AvgIpc) is 2.89. The molecule has 1 unspecified atom stereocenters. The topological polar surface area (TPSA) is 77.6 Å². The first-order valence-electron chi connectivity index (χ1n) is 6.88. The van der Waals surface area contributed by atoms with Crippen molar-refractivity contribution >= 4 is 32.6 Å². The fourth-order valence-corrected chi connectivity index (χ4v) is 3.37. The van der Waals surface area contributed by atoms with E-state index >= 15 is 0 Å². The van der Waals surface area contributed by atoms with Crippen LogP contribution in [0.4, 0.5) is 5.69 Å². The molecule has 0 saturated carbocycles. The molecule has 1 aromatic carbocycles. The summed E-state index contributed by atoms with van der Waals surface area (Å²) in [5, 5.41) is 12.3. The number of nitrogens with zero attached hydrogens (tertiary/aromatic N) is 2. The Balaban J connectivity index is 2.03. The van der Waals surface area contributed by atoms with Crippen molar-refractivity contribution < 1.29 is 5.11 Å². The Morgan fingerprint density at radius 2 is 2.05 bits per heavy atom. The van der Waals surface area contributed by atoms with Gasteiger partial charge in [0.2, 0.25) is 6.35 Å². The highest BCUT2D eigenvalue weighted by atomic mass is 33.1. The van der Waals surface area contributed by atoms with Crippen LogP contribution in [-0.2, 0) is 6.54 Å². The molecule has 5 nitrogen and oxygen atoms in total. The molecule has 118 valence electrons. The monoisotopic (exact) mass is 336 g/mol. The van der Waals surface area contributed by atoms with Gasteiger partial charge in [0.25, 0.3) is 0 Å². The van der Waals surface area contributed by atoms with Gasteiger partial charge >= 0.3 is 0 Å². The van der Waals surface area contributed by atoms with Gasteiger partial charge in [-0.2, -0.15) is 9.06 Å². The van der Waals surface area contributed by atoms with Gasteiger partial charge in [-0.15, -0.1) is 11.7 Å². The van der Waals surface area contributed by atoms with Crippen molar-refractivity contribution in [2.45, 2.75) is 17.9 Å². The first-order chi connectivity index (χ1) is 10.4. The molecule has 2 heterocycles. The molecule has 7 heteroatoms. The van der Waals surface area contributed by atoms with E-state index in [1.54, 1.807) is 4.90 Å². The lowest BCUT2D eigenvalue weighted by Crippen LogP contribution is -2.41. The van der Waals surface area contributed by atoms with Crippen LogP contribution in [-0.4, -0.2) is 29.0 Å². The number of aliphatic hydroxyl groups excluding tert-OH is 1. The van der Waals surface area contributed by atoms with Gasteiger partial charge in [0.05, 0.1) is 5.03 Å². The van der Waals surface area contributed by atoms with Crippen LogP contribution in [0.2, 0.25) is 0 Å². The van der Waals surface area contributed by atoms with Gasteiger partial charge in [-0.05, 0) is 36.3 Å². The van der Waals surface area contributed by atoms with E-state index in [-0.39, 0.29) is 0 Å². The minimum absolute atomic E-state index is 0.502. The normalized spacial score (nSPS) is 18.4. The molecule has 1 aliphatic rings. The Labute approximate surface area is 135 Å². The lowest BCUT2D eigenvalue weighted by Gasteiger charge is -2.25. The van der Waals surface area contributed by atoms with Crippen LogP contribution in [0.25, 0.3) is 6.20 Å². The summed E-state index contributed by atoms with van der Waals surface area (Å²) in [6.45, 7) is 0.502. The van der Waals surface area contributed by atoms with E-state index in [1.807, 2.05) is 36.5 Å². The molecule has 0 fully saturated rings. The predicted octanol–water partition coefficient (Wildman–Crippen LogP) is 0.895. The number of thiol groups is 1. The maximum Gasteiger partial charge on any atom is 0.231 e. The van der Waals surface area contributed by atoms with Gasteiger partial charge < -0.3 is 20.7 Å². The number of nitrogens with two attached hydrogens (primary N) is 1. The van der Waals surface area contributed by atoms with Gasteiger partial charge in [0.1, 0.15) is 5.49 Å². The second-order valence-corrected chi connectivity index (χ2v) is 11.3. The Hall–Kier alpha value is -1.41. The van der Waals surface area contributed by atoms with E-state index < -0.39 is 15.4 Å². The molecule has 2 aromatic rings. The minimum atomic E-state index is -1.16. The summed E-state index contributed by atoms with van der Waals surface area (Å²) in [6, 6.07) is 9.83. The van der Waals surface area contributed by atoms with E-state index in [4.69, 9.17) is 5.73 Å². The molecule has 0 radical (unpaired) electrons. The van der Waals surface area contributed by atoms with Crippen molar-refractivity contribution in [2.24, 2.45) is 10.7 Å². The molecule has 0 aliphatic carbocycles. The third kappa shape index (κ3) is 2.89. The number of hydrogen-bond acceptors (Lipinski definition) is 5. The number of aliphatic hydroxyl groups is 1. The Morgan fingerprint density at radius 3 is 2.64 bits per heavy atom. The van der Waals surface area contributed by atoms with Gasteiger partial charge in [-0.3, -0.25) is 0 Å². The molecular formula is C15H20N4OS2. The number of benzene rings is 1. The molecule has 1 atom stereocenters. The first-order valence-corrected chi connectivity index (χ1v) is 10.4. The molecular weight excluding hydrogens is 316 g/mol. The van der Waals surface area contributed by atoms with E-state index in [0.717, 1.165) is 21.5 Å². The van der Waals surface area contributed by atoms with Crippen molar-refractivity contribution in [3.05, 3.63) is 46.6 Å². The molecule has 1 aliphatic heterocycles. The number of hydrogen-bond donors (Lipinski definition) is 4. The maximum absolute atomic E-state index is 10.3. The number of nitrogens with one attached hydrogen (secondary N) is 1. The number of rotatable bonds is 3. The summed E-state index contributed by atoms with van der Waals surface area (Å²) in [6.07, 6.45) is 5.14. The highest BCUT2D eigenvalue weighted by Gasteiger charge is 2.19. The molecule has 0 bridgehead atoms. The molecule has 22 heavy (non-hydrogen) atoms. The predicted molar refractivity (Wildman–Crippen MR) is 95.5 cm³/mol. The number of fused-ring (bicyclic) bond motifs is 1. The second kappa shape index (κ2) is 5.66. The van der Waals surface area contributed by atoms with E-state index in [9.17, 15) is 5.11 Å². The Bertz CT molecular complexity index is 792. The van der Waals surface area contributed by atoms with E-state index in [0.29, 0.717) is 12.0 Å². The quantitative estimate of drug-likeness (QED) is 0.497. The van der Waals surface area contributed by atoms with Crippen LogP contribution in [0, 0.1) is 0 Å². The SMILES string of the molecule is CS(C)(S)c1cc2c([nH]1)=NC(O)N(c1ccc(CN)cc1)C=2. The molecule has 3 rings (SSSR count). The standard InChI is InChI=1S/C15H20N4OS2/c1-22(2,21)13-7-11-9-19(15(20)18-14(11)17-13)12-5-3-10(8-16)4-6-12/h3-7,9,15,20-21H,8,16H2,1-2H3,(H,17,18). The van der Waals surface area contributed by atoms with E-state index in [1.165, 1.54) is 0 Å². The smallest absolute Gasteiger partial charge is 0.231 e. The Morgan fingerprint density at radius 1 is 1.36 bits per heavy atom. The average molecular weight is 336 g/mol. The lowest BCUT2D eigenvalue weighted by molar-refractivity contribution is 0.186. The van der Waals surface area contributed by atoms with E-state index in [2.05, 4.69) is 34.1 Å². The van der Waals surface area contributed by atoms with Crippen molar-refractivity contribution in [1.29, 1.82) is 0 Å². The maximum atomic E-state index is 10.3. The zero-order chi connectivity index (χ0) is 15.9. The summed E-state index contributed by atoms with van der Waals surface area (Å²) >= 11 is 4.65. The molecule has 4 N–H and O–H groups in total. The zero-order valence-corrected chi connectivity index (χ0v) is 14.2. The van der Waals surface area contributed by atoms with Crippen LogP contribution in [0.1, 0.15) is 5.56 Å². The third-order valence-corrected chi connectivity index (χ3v) is 5.47. The molecule has 0 spiro atoms. The van der Waals surface area contributed by atoms with Gasteiger partial charge in [0.15, 0.2) is 0 Å².